The Kier molecular flexibility index (Phi) is 6.05. The van der Waals surface area contributed by atoms with Crippen LogP contribution in [0.5, 0.6) is 5.75 Å². The maximum absolute atomic E-state index is 11.7. The first-order chi connectivity index (χ1) is 8.19. The zero-order chi connectivity index (χ0) is 12.7. The maximum Gasteiger partial charge on any atom is 0.347 e. The topological polar surface area (TPSA) is 35.5 Å². The molecule has 0 saturated carbocycles. The Bertz CT molecular complexity index is 365. The van der Waals surface area contributed by atoms with Crippen LogP contribution in [0.2, 0.25) is 0 Å². The minimum absolute atomic E-state index is 0.301. The second-order valence-electron chi connectivity index (χ2n) is 3.58. The lowest BCUT2D eigenvalue weighted by Gasteiger charge is -2.17. The van der Waals surface area contributed by atoms with E-state index in [-0.39, 0.29) is 5.97 Å². The van der Waals surface area contributed by atoms with E-state index in [0.717, 1.165) is 10.9 Å². The lowest BCUT2D eigenvalue weighted by molar-refractivity contribution is -0.151. The van der Waals surface area contributed by atoms with Crippen LogP contribution in [0.3, 0.4) is 0 Å². The molecule has 0 radical (unpaired) electrons. The number of benzene rings is 1. The Balaban J connectivity index is 2.73. The highest BCUT2D eigenvalue weighted by molar-refractivity contribution is 9.10. The second kappa shape index (κ2) is 7.33. The Morgan fingerprint density at radius 2 is 2.06 bits per heavy atom. The van der Waals surface area contributed by atoms with Crippen LogP contribution in [0.15, 0.2) is 28.7 Å². The zero-order valence-electron chi connectivity index (χ0n) is 10.1. The molecule has 94 valence electrons. The van der Waals surface area contributed by atoms with Gasteiger partial charge in [0.1, 0.15) is 5.75 Å². The smallest absolute Gasteiger partial charge is 0.347 e. The number of hydrogen-bond donors (Lipinski definition) is 0. The summed E-state index contributed by atoms with van der Waals surface area (Å²) in [6.45, 7) is 4.17. The second-order valence-corrected chi connectivity index (χ2v) is 4.43. The van der Waals surface area contributed by atoms with Crippen molar-refractivity contribution >= 4 is 21.9 Å². The van der Waals surface area contributed by atoms with Gasteiger partial charge in [-0.15, -0.1) is 0 Å². The van der Waals surface area contributed by atoms with Crippen molar-refractivity contribution in [3.8, 4) is 5.75 Å². The number of carbonyl (C=O) groups is 1. The molecule has 0 heterocycles. The SMILES string of the molecule is CCCC(Oc1ccccc1Br)C(=O)OCC. The molecule has 3 nitrogen and oxygen atoms in total. The van der Waals surface area contributed by atoms with E-state index in [0.29, 0.717) is 18.8 Å². The molecule has 0 aliphatic heterocycles. The molecular formula is C13H17BrO3. The molecule has 17 heavy (non-hydrogen) atoms. The van der Waals surface area contributed by atoms with Crippen molar-refractivity contribution < 1.29 is 14.3 Å². The Labute approximate surface area is 110 Å². The summed E-state index contributed by atoms with van der Waals surface area (Å²) in [4.78, 5) is 11.7. The van der Waals surface area contributed by atoms with E-state index in [1.165, 1.54) is 0 Å². The number of hydrogen-bond acceptors (Lipinski definition) is 3. The van der Waals surface area contributed by atoms with Gasteiger partial charge in [-0.05, 0) is 41.4 Å². The van der Waals surface area contributed by atoms with Crippen molar-refractivity contribution in [2.45, 2.75) is 32.8 Å². The van der Waals surface area contributed by atoms with Crippen LogP contribution in [-0.2, 0) is 9.53 Å². The Hall–Kier alpha value is -1.03. The van der Waals surface area contributed by atoms with E-state index in [1.54, 1.807) is 6.92 Å². The van der Waals surface area contributed by atoms with Gasteiger partial charge in [-0.2, -0.15) is 0 Å². The molecule has 0 aliphatic rings. The summed E-state index contributed by atoms with van der Waals surface area (Å²) >= 11 is 3.39. The van der Waals surface area contributed by atoms with Gasteiger partial charge >= 0.3 is 5.97 Å². The fourth-order valence-corrected chi connectivity index (χ4v) is 1.79. The normalized spacial score (nSPS) is 11.9. The average molecular weight is 301 g/mol. The van der Waals surface area contributed by atoms with E-state index >= 15 is 0 Å². The first kappa shape index (κ1) is 14.0. The van der Waals surface area contributed by atoms with Gasteiger partial charge in [0, 0.05) is 0 Å². The third-order valence-corrected chi connectivity index (χ3v) is 2.86. The fourth-order valence-electron chi connectivity index (χ4n) is 1.42. The quantitative estimate of drug-likeness (QED) is 0.754. The molecule has 0 spiro atoms. The molecule has 0 aromatic heterocycles. The number of para-hydroxylation sites is 1. The molecule has 0 amide bonds. The van der Waals surface area contributed by atoms with E-state index in [9.17, 15) is 4.79 Å². The minimum atomic E-state index is -0.529. The summed E-state index contributed by atoms with van der Waals surface area (Å²) in [6, 6.07) is 7.47. The maximum atomic E-state index is 11.7. The monoisotopic (exact) mass is 300 g/mol. The van der Waals surface area contributed by atoms with Crippen molar-refractivity contribution in [3.63, 3.8) is 0 Å². The zero-order valence-corrected chi connectivity index (χ0v) is 11.7. The van der Waals surface area contributed by atoms with Gasteiger partial charge in [0.15, 0.2) is 6.10 Å². The molecule has 0 N–H and O–H groups in total. The minimum Gasteiger partial charge on any atom is -0.478 e. The van der Waals surface area contributed by atoms with E-state index in [2.05, 4.69) is 15.9 Å². The van der Waals surface area contributed by atoms with E-state index in [1.807, 2.05) is 31.2 Å². The Morgan fingerprint density at radius 1 is 1.35 bits per heavy atom. The highest BCUT2D eigenvalue weighted by Crippen LogP contribution is 2.25. The van der Waals surface area contributed by atoms with Crippen molar-refractivity contribution in [1.29, 1.82) is 0 Å². The lowest BCUT2D eigenvalue weighted by atomic mass is 10.2. The molecule has 0 aliphatic carbocycles. The number of rotatable bonds is 6. The van der Waals surface area contributed by atoms with Crippen molar-refractivity contribution in [3.05, 3.63) is 28.7 Å². The fraction of sp³-hybridized carbons (Fsp3) is 0.462. The summed E-state index contributed by atoms with van der Waals surface area (Å²) < 4.78 is 11.5. The number of halogens is 1. The molecule has 1 aromatic carbocycles. The lowest BCUT2D eigenvalue weighted by Crippen LogP contribution is -2.29. The molecule has 0 saturated heterocycles. The van der Waals surface area contributed by atoms with Crippen LogP contribution in [0, 0.1) is 0 Å². The standard InChI is InChI=1S/C13H17BrO3/c1-3-7-12(13(15)16-4-2)17-11-9-6-5-8-10(11)14/h5-6,8-9,12H,3-4,7H2,1-2H3. The molecule has 0 fully saturated rings. The van der Waals surface area contributed by atoms with Crippen LogP contribution in [0.1, 0.15) is 26.7 Å². The predicted octanol–water partition coefficient (Wildman–Crippen LogP) is 3.56. The highest BCUT2D eigenvalue weighted by atomic mass is 79.9. The van der Waals surface area contributed by atoms with E-state index < -0.39 is 6.10 Å². The van der Waals surface area contributed by atoms with Gasteiger partial charge in [0.05, 0.1) is 11.1 Å². The van der Waals surface area contributed by atoms with Crippen LogP contribution < -0.4 is 4.74 Å². The number of carbonyl (C=O) groups excluding carboxylic acids is 1. The molecule has 1 aromatic rings. The summed E-state index contributed by atoms with van der Waals surface area (Å²) in [7, 11) is 0. The largest absolute Gasteiger partial charge is 0.478 e. The van der Waals surface area contributed by atoms with Gasteiger partial charge in [-0.25, -0.2) is 4.79 Å². The van der Waals surface area contributed by atoms with Crippen LogP contribution in [-0.4, -0.2) is 18.7 Å². The van der Waals surface area contributed by atoms with Crippen LogP contribution >= 0.6 is 15.9 Å². The van der Waals surface area contributed by atoms with E-state index in [4.69, 9.17) is 9.47 Å². The summed E-state index contributed by atoms with van der Waals surface area (Å²) in [5, 5.41) is 0. The predicted molar refractivity (Wildman–Crippen MR) is 70.1 cm³/mol. The third kappa shape index (κ3) is 4.38. The van der Waals surface area contributed by atoms with Gasteiger partial charge in [0.2, 0.25) is 0 Å². The number of esters is 1. The summed E-state index contributed by atoms with van der Waals surface area (Å²) in [6.07, 6.45) is 0.993. The first-order valence-electron chi connectivity index (χ1n) is 5.76. The van der Waals surface area contributed by atoms with Crippen LogP contribution in [0.4, 0.5) is 0 Å². The molecule has 0 bridgehead atoms. The average Bonchev–Trinajstić information content (AvgIpc) is 2.31. The molecule has 1 rings (SSSR count). The molecule has 4 heteroatoms. The molecular weight excluding hydrogens is 284 g/mol. The number of ether oxygens (including phenoxy) is 2. The van der Waals surface area contributed by atoms with Gasteiger partial charge < -0.3 is 9.47 Å². The Morgan fingerprint density at radius 3 is 2.65 bits per heavy atom. The third-order valence-electron chi connectivity index (χ3n) is 2.21. The summed E-state index contributed by atoms with van der Waals surface area (Å²) in [5.74, 6) is 0.365. The van der Waals surface area contributed by atoms with Crippen molar-refractivity contribution in [2.24, 2.45) is 0 Å². The van der Waals surface area contributed by atoms with Crippen molar-refractivity contribution in [1.82, 2.24) is 0 Å². The summed E-state index contributed by atoms with van der Waals surface area (Å²) in [5.41, 5.74) is 0. The van der Waals surface area contributed by atoms with Crippen molar-refractivity contribution in [2.75, 3.05) is 6.61 Å². The van der Waals surface area contributed by atoms with Gasteiger partial charge in [0.25, 0.3) is 0 Å². The molecule has 1 atom stereocenters. The van der Waals surface area contributed by atoms with Crippen LogP contribution in [0.25, 0.3) is 0 Å². The highest BCUT2D eigenvalue weighted by Gasteiger charge is 2.21. The van der Waals surface area contributed by atoms with Gasteiger partial charge in [-0.1, -0.05) is 25.5 Å². The van der Waals surface area contributed by atoms with Gasteiger partial charge in [-0.3, -0.25) is 0 Å². The molecule has 1 unspecified atom stereocenters. The first-order valence-corrected chi connectivity index (χ1v) is 6.56.